The molecule has 0 aromatic heterocycles. The molecule has 3 heteroatoms. The molecule has 1 atom stereocenters. The molecule has 5 aliphatic rings. The van der Waals surface area contributed by atoms with Crippen LogP contribution in [-0.2, 0) is 35.1 Å². The molecule has 57 heavy (non-hydrogen) atoms. The molecule has 0 amide bonds. The number of aryl methyl sites for hydroxylation is 2. The van der Waals surface area contributed by atoms with Gasteiger partial charge in [0, 0.05) is 0 Å². The fraction of sp³-hybridized carbons (Fsp3) is 0.444. The molecule has 0 nitrogen and oxygen atoms in total. The largest absolute Gasteiger partial charge is 1.00 e. The smallest absolute Gasteiger partial charge is 1.00 e. The van der Waals surface area contributed by atoms with Gasteiger partial charge in [0.1, 0.15) is 0 Å². The van der Waals surface area contributed by atoms with E-state index in [1.807, 2.05) is 0 Å². The Balaban J connectivity index is 0.000000162. The van der Waals surface area contributed by atoms with Gasteiger partial charge in [-0.05, 0) is 72.5 Å². The molecule has 4 bridgehead atoms. The van der Waals surface area contributed by atoms with Crippen LogP contribution in [0.5, 0.6) is 0 Å². The zero-order chi connectivity index (χ0) is 39.3. The van der Waals surface area contributed by atoms with E-state index in [9.17, 15) is 0 Å². The van der Waals surface area contributed by atoms with E-state index in [0.29, 0.717) is 11.3 Å². The van der Waals surface area contributed by atoms with Crippen LogP contribution < -0.4 is 24.8 Å². The van der Waals surface area contributed by atoms with Crippen molar-refractivity contribution < 1.29 is 49.0 Å². The zero-order valence-electron chi connectivity index (χ0n) is 36.3. The van der Waals surface area contributed by atoms with Gasteiger partial charge in [0.2, 0.25) is 0 Å². The second-order valence-electron chi connectivity index (χ2n) is 20.2. The average molecular weight is 875 g/mol. The first-order valence-corrected chi connectivity index (χ1v) is 22.4. The Kier molecular flexibility index (Phi) is 14.4. The fourth-order valence-corrected chi connectivity index (χ4v) is 11.4. The molecule has 0 saturated heterocycles. The molecular weight excluding hydrogens is 811 g/mol. The van der Waals surface area contributed by atoms with Crippen molar-refractivity contribution in [1.82, 2.24) is 0 Å². The van der Waals surface area contributed by atoms with Crippen molar-refractivity contribution >= 4 is 24.8 Å². The van der Waals surface area contributed by atoms with Gasteiger partial charge >= 0.3 is 112 Å². The van der Waals surface area contributed by atoms with Crippen molar-refractivity contribution in [3.63, 3.8) is 0 Å². The number of benzene rings is 4. The van der Waals surface area contributed by atoms with Crippen molar-refractivity contribution in [2.75, 3.05) is 0 Å². The van der Waals surface area contributed by atoms with Gasteiger partial charge < -0.3 is 24.8 Å². The van der Waals surface area contributed by atoms with E-state index in [1.165, 1.54) is 94.4 Å². The third-order valence-electron chi connectivity index (χ3n) is 13.2. The summed E-state index contributed by atoms with van der Waals surface area (Å²) in [7, 11) is 0. The molecule has 5 aliphatic carbocycles. The van der Waals surface area contributed by atoms with E-state index in [0.717, 1.165) is 17.8 Å². The maximum atomic E-state index is 3.57. The molecule has 4 saturated carbocycles. The minimum atomic E-state index is 0. The maximum Gasteiger partial charge on any atom is -1.00 e. The molecule has 0 aliphatic heterocycles. The molecule has 10 rings (SSSR count). The van der Waals surface area contributed by atoms with Gasteiger partial charge in [-0.15, -0.1) is 39.7 Å². The first-order chi connectivity index (χ1) is 25.9. The van der Waals surface area contributed by atoms with Crippen molar-refractivity contribution in [2.24, 2.45) is 29.1 Å². The van der Waals surface area contributed by atoms with Crippen LogP contribution in [0.2, 0.25) is 0 Å². The van der Waals surface area contributed by atoms with Gasteiger partial charge in [-0.2, -0.15) is 11.6 Å². The molecule has 0 N–H and O–H groups in total. The fourth-order valence-electron chi connectivity index (χ4n) is 10.5. The summed E-state index contributed by atoms with van der Waals surface area (Å²) in [6, 6.07) is 33.7. The van der Waals surface area contributed by atoms with E-state index >= 15 is 0 Å². The molecule has 4 fully saturated rings. The summed E-state index contributed by atoms with van der Waals surface area (Å²) < 4.78 is 1.42. The Morgan fingerprint density at radius 1 is 0.649 bits per heavy atom. The van der Waals surface area contributed by atoms with E-state index in [2.05, 4.69) is 172 Å². The summed E-state index contributed by atoms with van der Waals surface area (Å²) in [5.74, 6) is 3.82. The van der Waals surface area contributed by atoms with Crippen molar-refractivity contribution in [3.05, 3.63) is 148 Å². The molecule has 0 heterocycles. The zero-order valence-corrected chi connectivity index (χ0v) is 40.2. The number of fused-ring (bicyclic) bond motifs is 3. The SMILES string of the molecule is CC(C)(C)c1ccc2[cH-]c3ccc(C(C)(C)C)cc3c2c1.CC1=[C-]C(C)C=C1CC12CC3CC(CC(C3)C1)C2.Cc1ccc([C](=[Zr+2])c2ccc(C)cc2)cc1.[Cl-].[Cl-]. The average Bonchev–Trinajstić information content (AvgIpc) is 3.64. The van der Waals surface area contributed by atoms with Gasteiger partial charge in [-0.1, -0.05) is 103 Å². The number of hydrogen-bond donors (Lipinski definition) is 0. The van der Waals surface area contributed by atoms with Crippen LogP contribution in [0.4, 0.5) is 0 Å². The number of hydrogen-bond acceptors (Lipinski definition) is 0. The molecule has 5 aromatic carbocycles. The van der Waals surface area contributed by atoms with Gasteiger partial charge in [0.15, 0.2) is 0 Å². The summed E-state index contributed by atoms with van der Waals surface area (Å²) >= 11 is 1.46. The molecular formula is C54H64Cl2Zr-2. The quantitative estimate of drug-likeness (QED) is 0.159. The minimum absolute atomic E-state index is 0. The second-order valence-corrected chi connectivity index (χ2v) is 21.4. The van der Waals surface area contributed by atoms with Gasteiger partial charge in [0.25, 0.3) is 0 Å². The van der Waals surface area contributed by atoms with Crippen LogP contribution in [0.25, 0.3) is 21.5 Å². The molecule has 0 radical (unpaired) electrons. The third kappa shape index (κ3) is 10.7. The van der Waals surface area contributed by atoms with Gasteiger partial charge in [0.05, 0.1) is 0 Å². The van der Waals surface area contributed by atoms with Crippen LogP contribution in [0, 0.1) is 49.0 Å². The van der Waals surface area contributed by atoms with Crippen molar-refractivity contribution in [2.45, 2.75) is 125 Å². The predicted octanol–water partition coefficient (Wildman–Crippen LogP) is 8.65. The van der Waals surface area contributed by atoms with Crippen LogP contribution >= 0.6 is 0 Å². The maximum absolute atomic E-state index is 3.57. The van der Waals surface area contributed by atoms with E-state index in [4.69, 9.17) is 0 Å². The molecule has 300 valence electrons. The number of rotatable bonds is 4. The molecule has 5 aromatic rings. The van der Waals surface area contributed by atoms with Crippen LogP contribution in [-0.4, -0.2) is 3.21 Å². The van der Waals surface area contributed by atoms with Crippen molar-refractivity contribution in [1.29, 1.82) is 0 Å². The Morgan fingerprint density at radius 2 is 1.05 bits per heavy atom. The number of allylic oxidation sites excluding steroid dienone is 4. The Labute approximate surface area is 372 Å². The summed E-state index contributed by atoms with van der Waals surface area (Å²) in [6.45, 7) is 22.5. The summed E-state index contributed by atoms with van der Waals surface area (Å²) in [4.78, 5) is 0. The van der Waals surface area contributed by atoms with Crippen molar-refractivity contribution in [3.8, 4) is 0 Å². The first-order valence-electron chi connectivity index (χ1n) is 21.1. The van der Waals surface area contributed by atoms with E-state index < -0.39 is 0 Å². The standard InChI is InChI=1S/C21H25.C18H25.C15H14.2ClH.Zr/c1-20(2,3)16-9-7-14-11-15-8-10-17(21(4,5)6)13-19(15)18(14)12-16;1-12-3-13(2)17(4-12)11-18-8-14-5-15(9-18)7-16(6-14)10-18;1-12-3-7-14(8-4-12)11-15-9-5-13(2)6-10-15;;;/h7-13H,1-6H3;4,12,14-16H,5-11H2,1-2H3;3-10H,1-2H3;2*1H;/q2*-1;;;;+2/p-2. The second kappa shape index (κ2) is 18.0. The summed E-state index contributed by atoms with van der Waals surface area (Å²) in [6.07, 6.45) is 16.7. The Bertz CT molecular complexity index is 2080. The summed E-state index contributed by atoms with van der Waals surface area (Å²) in [5.41, 5.74) is 12.3. The van der Waals surface area contributed by atoms with Gasteiger partial charge in [-0.3, -0.25) is 6.08 Å². The van der Waals surface area contributed by atoms with Crippen LogP contribution in [0.15, 0.2) is 108 Å². The topological polar surface area (TPSA) is 0 Å². The predicted molar refractivity (Wildman–Crippen MR) is 235 cm³/mol. The normalized spacial score (nSPS) is 23.4. The van der Waals surface area contributed by atoms with Crippen LogP contribution in [0.3, 0.4) is 0 Å². The minimum Gasteiger partial charge on any atom is -1.00 e. The molecule has 1 unspecified atom stereocenters. The molecule has 0 spiro atoms. The van der Waals surface area contributed by atoms with E-state index in [1.54, 1.807) is 44.1 Å². The summed E-state index contributed by atoms with van der Waals surface area (Å²) in [5, 5.41) is 5.49. The van der Waals surface area contributed by atoms with E-state index in [-0.39, 0.29) is 35.6 Å². The van der Waals surface area contributed by atoms with Crippen LogP contribution in [0.1, 0.15) is 134 Å². The third-order valence-corrected chi connectivity index (χ3v) is 14.6. The number of halogens is 2. The Hall–Kier alpha value is -2.44. The first kappa shape index (κ1) is 45.6. The monoisotopic (exact) mass is 872 g/mol. The van der Waals surface area contributed by atoms with Gasteiger partial charge in [-0.25, -0.2) is 5.57 Å². The Morgan fingerprint density at radius 3 is 1.40 bits per heavy atom.